The standard InChI is InChI=1S/C13H18BrNO/c1-4-15-13(2,3)12(16)9-10-5-7-11(14)8-6-10/h5-8,15H,4,9H2,1-3H3. The van der Waals surface area contributed by atoms with Crippen LogP contribution in [0.1, 0.15) is 26.3 Å². The van der Waals surface area contributed by atoms with E-state index in [2.05, 4.69) is 21.2 Å². The maximum atomic E-state index is 12.0. The molecule has 0 aromatic heterocycles. The molecule has 0 spiro atoms. The van der Waals surface area contributed by atoms with Crippen LogP contribution in [0.4, 0.5) is 0 Å². The average molecular weight is 284 g/mol. The molecule has 0 fully saturated rings. The van der Waals surface area contributed by atoms with Crippen molar-refractivity contribution in [2.75, 3.05) is 6.54 Å². The predicted octanol–water partition coefficient (Wildman–Crippen LogP) is 2.95. The van der Waals surface area contributed by atoms with E-state index in [-0.39, 0.29) is 5.78 Å². The number of carbonyl (C=O) groups excluding carboxylic acids is 1. The number of halogens is 1. The zero-order valence-electron chi connectivity index (χ0n) is 10.0. The number of rotatable bonds is 5. The van der Waals surface area contributed by atoms with Crippen LogP contribution in [0.15, 0.2) is 28.7 Å². The average Bonchev–Trinajstić information content (AvgIpc) is 2.21. The number of hydrogen-bond donors (Lipinski definition) is 1. The van der Waals surface area contributed by atoms with Gasteiger partial charge in [0.05, 0.1) is 5.54 Å². The minimum absolute atomic E-state index is 0.219. The molecule has 2 nitrogen and oxygen atoms in total. The molecule has 1 N–H and O–H groups in total. The number of likely N-dealkylation sites (N-methyl/N-ethyl adjacent to an activating group) is 1. The minimum Gasteiger partial charge on any atom is -0.306 e. The molecule has 0 bridgehead atoms. The molecule has 0 heterocycles. The molecule has 0 aliphatic carbocycles. The summed E-state index contributed by atoms with van der Waals surface area (Å²) in [5, 5.41) is 3.19. The molecule has 0 aliphatic heterocycles. The van der Waals surface area contributed by atoms with Crippen LogP contribution in [0.3, 0.4) is 0 Å². The van der Waals surface area contributed by atoms with Gasteiger partial charge in [-0.15, -0.1) is 0 Å². The summed E-state index contributed by atoms with van der Waals surface area (Å²) in [6.45, 7) is 6.67. The van der Waals surface area contributed by atoms with Crippen molar-refractivity contribution in [3.8, 4) is 0 Å². The normalized spacial score (nSPS) is 11.5. The molecule has 3 heteroatoms. The number of benzene rings is 1. The highest BCUT2D eigenvalue weighted by Crippen LogP contribution is 2.14. The second-order valence-electron chi connectivity index (χ2n) is 4.38. The second-order valence-corrected chi connectivity index (χ2v) is 5.30. The fourth-order valence-electron chi connectivity index (χ4n) is 1.55. The Labute approximate surface area is 106 Å². The van der Waals surface area contributed by atoms with Crippen molar-refractivity contribution in [3.05, 3.63) is 34.3 Å². The third-order valence-corrected chi connectivity index (χ3v) is 3.12. The van der Waals surface area contributed by atoms with Crippen molar-refractivity contribution in [1.82, 2.24) is 5.32 Å². The van der Waals surface area contributed by atoms with Crippen LogP contribution in [0.25, 0.3) is 0 Å². The van der Waals surface area contributed by atoms with Gasteiger partial charge in [0.2, 0.25) is 0 Å². The van der Waals surface area contributed by atoms with Gasteiger partial charge < -0.3 is 5.32 Å². The van der Waals surface area contributed by atoms with E-state index in [0.717, 1.165) is 16.6 Å². The van der Waals surface area contributed by atoms with Crippen LogP contribution >= 0.6 is 15.9 Å². The molecule has 1 aromatic rings. The summed E-state index contributed by atoms with van der Waals surface area (Å²) in [4.78, 5) is 12.0. The number of carbonyl (C=O) groups is 1. The molecule has 16 heavy (non-hydrogen) atoms. The van der Waals surface area contributed by atoms with Crippen LogP contribution in [-0.4, -0.2) is 17.9 Å². The number of Topliss-reactive ketones (excluding diaryl/α,β-unsaturated/α-hetero) is 1. The molecular weight excluding hydrogens is 266 g/mol. The lowest BCUT2D eigenvalue weighted by molar-refractivity contribution is -0.123. The summed E-state index contributed by atoms with van der Waals surface area (Å²) in [7, 11) is 0. The van der Waals surface area contributed by atoms with Crippen molar-refractivity contribution in [3.63, 3.8) is 0 Å². The maximum absolute atomic E-state index is 12.0. The van der Waals surface area contributed by atoms with Crippen LogP contribution in [-0.2, 0) is 11.2 Å². The molecule has 0 saturated carbocycles. The van der Waals surface area contributed by atoms with Crippen LogP contribution < -0.4 is 5.32 Å². The third-order valence-electron chi connectivity index (χ3n) is 2.59. The Kier molecular flexibility index (Phi) is 4.69. The minimum atomic E-state index is -0.443. The summed E-state index contributed by atoms with van der Waals surface area (Å²) < 4.78 is 1.04. The molecule has 1 rings (SSSR count). The SMILES string of the molecule is CCNC(C)(C)C(=O)Cc1ccc(Br)cc1. The van der Waals surface area contributed by atoms with Gasteiger partial charge in [0.1, 0.15) is 0 Å². The topological polar surface area (TPSA) is 29.1 Å². The van der Waals surface area contributed by atoms with Gasteiger partial charge in [0.15, 0.2) is 5.78 Å². The summed E-state index contributed by atoms with van der Waals surface area (Å²) in [5.41, 5.74) is 0.612. The van der Waals surface area contributed by atoms with E-state index >= 15 is 0 Å². The fraction of sp³-hybridized carbons (Fsp3) is 0.462. The van der Waals surface area contributed by atoms with Gasteiger partial charge >= 0.3 is 0 Å². The van der Waals surface area contributed by atoms with Crippen molar-refractivity contribution in [2.45, 2.75) is 32.7 Å². The van der Waals surface area contributed by atoms with Gasteiger partial charge in [-0.2, -0.15) is 0 Å². The number of nitrogens with one attached hydrogen (secondary N) is 1. The lowest BCUT2D eigenvalue weighted by Crippen LogP contribution is -2.47. The summed E-state index contributed by atoms with van der Waals surface area (Å²) >= 11 is 3.38. The molecule has 1 aromatic carbocycles. The molecule has 0 amide bonds. The van der Waals surface area contributed by atoms with Crippen LogP contribution in [0.2, 0.25) is 0 Å². The molecule has 0 atom stereocenters. The number of ketones is 1. The van der Waals surface area contributed by atoms with Gasteiger partial charge in [-0.05, 0) is 38.1 Å². The van der Waals surface area contributed by atoms with E-state index in [1.54, 1.807) is 0 Å². The highest BCUT2D eigenvalue weighted by atomic mass is 79.9. The maximum Gasteiger partial charge on any atom is 0.156 e. The van der Waals surface area contributed by atoms with E-state index in [1.807, 2.05) is 45.0 Å². The zero-order chi connectivity index (χ0) is 12.2. The summed E-state index contributed by atoms with van der Waals surface area (Å²) in [6, 6.07) is 7.87. The lowest BCUT2D eigenvalue weighted by atomic mass is 9.93. The second kappa shape index (κ2) is 5.60. The van der Waals surface area contributed by atoms with Gasteiger partial charge in [-0.25, -0.2) is 0 Å². The first-order chi connectivity index (χ1) is 7.45. The van der Waals surface area contributed by atoms with E-state index in [1.165, 1.54) is 0 Å². The van der Waals surface area contributed by atoms with E-state index in [4.69, 9.17) is 0 Å². The van der Waals surface area contributed by atoms with E-state index in [9.17, 15) is 4.79 Å². The monoisotopic (exact) mass is 283 g/mol. The smallest absolute Gasteiger partial charge is 0.156 e. The lowest BCUT2D eigenvalue weighted by Gasteiger charge is -2.24. The van der Waals surface area contributed by atoms with Crippen molar-refractivity contribution in [1.29, 1.82) is 0 Å². The Bertz CT molecular complexity index is 357. The van der Waals surface area contributed by atoms with Gasteiger partial charge in [0.25, 0.3) is 0 Å². The van der Waals surface area contributed by atoms with E-state index < -0.39 is 5.54 Å². The Balaban J connectivity index is 2.67. The summed E-state index contributed by atoms with van der Waals surface area (Å²) in [5.74, 6) is 0.219. The third kappa shape index (κ3) is 3.72. The molecule has 0 saturated heterocycles. The summed E-state index contributed by atoms with van der Waals surface area (Å²) in [6.07, 6.45) is 0.479. The first-order valence-electron chi connectivity index (χ1n) is 5.48. The predicted molar refractivity (Wildman–Crippen MR) is 70.6 cm³/mol. The van der Waals surface area contributed by atoms with Crippen LogP contribution in [0.5, 0.6) is 0 Å². The van der Waals surface area contributed by atoms with E-state index in [0.29, 0.717) is 6.42 Å². The zero-order valence-corrected chi connectivity index (χ0v) is 11.6. The first kappa shape index (κ1) is 13.4. The Morgan fingerprint density at radius 2 is 1.88 bits per heavy atom. The highest BCUT2D eigenvalue weighted by molar-refractivity contribution is 9.10. The Hall–Kier alpha value is -0.670. The fourth-order valence-corrected chi connectivity index (χ4v) is 1.81. The van der Waals surface area contributed by atoms with Gasteiger partial charge in [-0.3, -0.25) is 4.79 Å². The molecule has 88 valence electrons. The van der Waals surface area contributed by atoms with Crippen molar-refractivity contribution < 1.29 is 4.79 Å². The quantitative estimate of drug-likeness (QED) is 0.900. The molecular formula is C13H18BrNO. The highest BCUT2D eigenvalue weighted by Gasteiger charge is 2.25. The van der Waals surface area contributed by atoms with Gasteiger partial charge in [0, 0.05) is 10.9 Å². The Morgan fingerprint density at radius 3 is 2.38 bits per heavy atom. The van der Waals surface area contributed by atoms with Gasteiger partial charge in [-0.1, -0.05) is 35.0 Å². The number of hydrogen-bond acceptors (Lipinski definition) is 2. The molecule has 0 radical (unpaired) electrons. The van der Waals surface area contributed by atoms with Crippen molar-refractivity contribution in [2.24, 2.45) is 0 Å². The largest absolute Gasteiger partial charge is 0.306 e. The van der Waals surface area contributed by atoms with Crippen LogP contribution in [0, 0.1) is 0 Å². The Morgan fingerprint density at radius 1 is 1.31 bits per heavy atom. The molecule has 0 aliphatic rings. The van der Waals surface area contributed by atoms with Crippen molar-refractivity contribution >= 4 is 21.7 Å². The first-order valence-corrected chi connectivity index (χ1v) is 6.28. The molecule has 0 unspecified atom stereocenters.